The first-order valence-electron chi connectivity index (χ1n) is 7.64. The molecule has 1 aliphatic heterocycles. The van der Waals surface area contributed by atoms with Gasteiger partial charge in [0.25, 0.3) is 0 Å². The predicted octanol–water partition coefficient (Wildman–Crippen LogP) is 0.150. The average molecular weight is 367 g/mol. The van der Waals surface area contributed by atoms with E-state index >= 15 is 0 Å². The Morgan fingerprint density at radius 3 is 2.32 bits per heavy atom. The maximum atomic E-state index is 12.3. The van der Waals surface area contributed by atoms with Crippen LogP contribution in [0.25, 0.3) is 0 Å². The zero-order chi connectivity index (χ0) is 18.8. The third kappa shape index (κ3) is 4.30. The number of carbonyl (C=O) groups is 3. The van der Waals surface area contributed by atoms with E-state index in [0.717, 1.165) is 11.8 Å². The number of benzene rings is 1. The number of carbonyl (C=O) groups excluding carboxylic acids is 1. The van der Waals surface area contributed by atoms with E-state index in [1.807, 2.05) is 0 Å². The molecule has 136 valence electrons. The molecule has 1 amide bonds. The Kier molecular flexibility index (Phi) is 5.71. The molecule has 2 rings (SSSR count). The molecular weight excluding hydrogens is 346 g/mol. The number of aliphatic carboxylic acids is 2. The largest absolute Gasteiger partial charge is 0.480 e. The summed E-state index contributed by atoms with van der Waals surface area (Å²) in [4.78, 5) is 35.3. The van der Waals surface area contributed by atoms with Gasteiger partial charge in [0, 0.05) is 4.75 Å². The van der Waals surface area contributed by atoms with Gasteiger partial charge < -0.3 is 21.3 Å². The number of carboxylic acids is 2. The highest BCUT2D eigenvalue weighted by atomic mass is 32.2. The number of amides is 1. The van der Waals surface area contributed by atoms with E-state index in [1.165, 1.54) is 0 Å². The number of hydrogen-bond donors (Lipinski definition) is 5. The van der Waals surface area contributed by atoms with Crippen LogP contribution in [-0.2, 0) is 14.4 Å². The summed E-state index contributed by atoms with van der Waals surface area (Å²) in [5.74, 6) is -2.98. The fourth-order valence-corrected chi connectivity index (χ4v) is 4.13. The molecule has 1 fully saturated rings. The van der Waals surface area contributed by atoms with Gasteiger partial charge in [-0.05, 0) is 19.4 Å². The summed E-state index contributed by atoms with van der Waals surface area (Å²) in [6.07, 6.45) is 0. The Balaban J connectivity index is 2.13. The van der Waals surface area contributed by atoms with Crippen molar-refractivity contribution in [2.24, 2.45) is 5.73 Å². The highest BCUT2D eigenvalue weighted by molar-refractivity contribution is 8.01. The van der Waals surface area contributed by atoms with Crippen LogP contribution >= 0.6 is 11.8 Å². The third-order valence-electron chi connectivity index (χ3n) is 4.01. The van der Waals surface area contributed by atoms with Gasteiger partial charge in [-0.15, -0.1) is 11.8 Å². The lowest BCUT2D eigenvalue weighted by atomic mass is 10.0. The lowest BCUT2D eigenvalue weighted by Gasteiger charge is -2.23. The lowest BCUT2D eigenvalue weighted by molar-refractivity contribution is -0.143. The van der Waals surface area contributed by atoms with Crippen molar-refractivity contribution >= 4 is 29.6 Å². The number of nitrogens with one attached hydrogen (secondary N) is 2. The molecule has 1 aromatic carbocycles. The molecule has 9 heteroatoms. The van der Waals surface area contributed by atoms with E-state index in [0.29, 0.717) is 5.56 Å². The predicted molar refractivity (Wildman–Crippen MR) is 93.0 cm³/mol. The van der Waals surface area contributed by atoms with Crippen molar-refractivity contribution < 1.29 is 24.6 Å². The summed E-state index contributed by atoms with van der Waals surface area (Å²) in [5, 5.41) is 23.1. The van der Waals surface area contributed by atoms with Gasteiger partial charge in [0.1, 0.15) is 12.1 Å². The lowest BCUT2D eigenvalue weighted by Crippen LogP contribution is -2.55. The summed E-state index contributed by atoms with van der Waals surface area (Å²) < 4.78 is -0.726. The molecule has 1 aromatic rings. The second-order valence-electron chi connectivity index (χ2n) is 6.29. The van der Waals surface area contributed by atoms with Crippen LogP contribution < -0.4 is 16.4 Å². The Morgan fingerprint density at radius 2 is 1.84 bits per heavy atom. The third-order valence-corrected chi connectivity index (χ3v) is 5.52. The topological polar surface area (TPSA) is 142 Å². The summed E-state index contributed by atoms with van der Waals surface area (Å²) >= 11 is 1.16. The number of hydrogen-bond acceptors (Lipinski definition) is 6. The molecule has 1 heterocycles. The highest BCUT2D eigenvalue weighted by Crippen LogP contribution is 2.39. The van der Waals surface area contributed by atoms with Crippen LogP contribution in [0.2, 0.25) is 0 Å². The number of nitrogens with two attached hydrogens (primary N) is 1. The van der Waals surface area contributed by atoms with Crippen molar-refractivity contribution in [3.8, 4) is 0 Å². The van der Waals surface area contributed by atoms with Gasteiger partial charge in [0.15, 0.2) is 6.04 Å². The standard InChI is InChI=1S/C16H21N3O5S/c1-16(2)11(15(23)24)19-13(25-16)10(14(21)22)18-12(20)9(17)8-6-4-3-5-7-8/h3-7,9-11,13,19H,17H2,1-2H3,(H,18,20)(H,21,22)(H,23,24)/t9-,10-,11-,13+/m0/s1. The van der Waals surface area contributed by atoms with Gasteiger partial charge in [-0.2, -0.15) is 0 Å². The van der Waals surface area contributed by atoms with Crippen molar-refractivity contribution in [3.05, 3.63) is 35.9 Å². The second-order valence-corrected chi connectivity index (χ2v) is 8.09. The summed E-state index contributed by atoms with van der Waals surface area (Å²) in [6.45, 7) is 3.42. The molecule has 1 aliphatic rings. The van der Waals surface area contributed by atoms with Crippen LogP contribution in [-0.4, -0.2) is 50.3 Å². The fraction of sp³-hybridized carbons (Fsp3) is 0.438. The first-order valence-corrected chi connectivity index (χ1v) is 8.52. The van der Waals surface area contributed by atoms with E-state index in [9.17, 15) is 24.6 Å². The van der Waals surface area contributed by atoms with E-state index in [4.69, 9.17) is 5.73 Å². The first-order chi connectivity index (χ1) is 11.6. The SMILES string of the molecule is CC1(C)S[C@H]([C@H](NC(=O)[C@@H](N)c2ccccc2)C(=O)O)N[C@H]1C(=O)O. The summed E-state index contributed by atoms with van der Waals surface area (Å²) in [7, 11) is 0. The molecular formula is C16H21N3O5S. The van der Waals surface area contributed by atoms with Gasteiger partial charge in [0.05, 0.1) is 5.37 Å². The van der Waals surface area contributed by atoms with Crippen molar-refractivity contribution in [2.75, 3.05) is 0 Å². The van der Waals surface area contributed by atoms with Gasteiger partial charge >= 0.3 is 11.9 Å². The molecule has 0 aliphatic carbocycles. The number of rotatable bonds is 6. The Hall–Kier alpha value is -2.10. The van der Waals surface area contributed by atoms with Gasteiger partial charge in [-0.1, -0.05) is 30.3 Å². The van der Waals surface area contributed by atoms with Crippen molar-refractivity contribution in [2.45, 2.75) is 42.1 Å². The molecule has 0 saturated carbocycles. The van der Waals surface area contributed by atoms with Gasteiger partial charge in [-0.3, -0.25) is 14.9 Å². The Labute approximate surface area is 149 Å². The van der Waals surface area contributed by atoms with Gasteiger partial charge in [0.2, 0.25) is 5.91 Å². The van der Waals surface area contributed by atoms with Crippen LogP contribution in [0.4, 0.5) is 0 Å². The average Bonchev–Trinajstić information content (AvgIpc) is 2.87. The Morgan fingerprint density at radius 1 is 1.24 bits per heavy atom. The minimum atomic E-state index is -1.31. The molecule has 0 aromatic heterocycles. The molecule has 1 saturated heterocycles. The van der Waals surface area contributed by atoms with Crippen LogP contribution in [0.3, 0.4) is 0 Å². The maximum Gasteiger partial charge on any atom is 0.328 e. The molecule has 0 spiro atoms. The quantitative estimate of drug-likeness (QED) is 0.478. The normalized spacial score (nSPS) is 24.3. The van der Waals surface area contributed by atoms with Crippen LogP contribution in [0.1, 0.15) is 25.5 Å². The van der Waals surface area contributed by atoms with E-state index < -0.39 is 46.1 Å². The monoisotopic (exact) mass is 367 g/mol. The van der Waals surface area contributed by atoms with Crippen molar-refractivity contribution in [3.63, 3.8) is 0 Å². The number of thioether (sulfide) groups is 1. The van der Waals surface area contributed by atoms with Gasteiger partial charge in [-0.25, -0.2) is 4.79 Å². The highest BCUT2D eigenvalue weighted by Gasteiger charge is 2.49. The van der Waals surface area contributed by atoms with E-state index in [-0.39, 0.29) is 0 Å². The zero-order valence-corrected chi connectivity index (χ0v) is 14.6. The molecule has 8 nitrogen and oxygen atoms in total. The minimum absolute atomic E-state index is 0.555. The first kappa shape index (κ1) is 19.2. The maximum absolute atomic E-state index is 12.3. The molecule has 25 heavy (non-hydrogen) atoms. The zero-order valence-electron chi connectivity index (χ0n) is 13.8. The molecule has 0 unspecified atom stereocenters. The minimum Gasteiger partial charge on any atom is -0.480 e. The van der Waals surface area contributed by atoms with Crippen LogP contribution in [0, 0.1) is 0 Å². The molecule has 0 radical (unpaired) electrons. The van der Waals surface area contributed by atoms with Crippen LogP contribution in [0.5, 0.6) is 0 Å². The smallest absolute Gasteiger partial charge is 0.328 e. The Bertz CT molecular complexity index is 667. The summed E-state index contributed by atoms with van der Waals surface area (Å²) in [6, 6.07) is 5.33. The van der Waals surface area contributed by atoms with E-state index in [1.54, 1.807) is 44.2 Å². The molecule has 6 N–H and O–H groups in total. The van der Waals surface area contributed by atoms with Crippen molar-refractivity contribution in [1.29, 1.82) is 0 Å². The van der Waals surface area contributed by atoms with E-state index in [2.05, 4.69) is 10.6 Å². The van der Waals surface area contributed by atoms with Crippen LogP contribution in [0.15, 0.2) is 30.3 Å². The number of carboxylic acid groups (broad SMARTS) is 2. The molecule has 4 atom stereocenters. The van der Waals surface area contributed by atoms with Crippen molar-refractivity contribution in [1.82, 2.24) is 10.6 Å². The summed E-state index contributed by atoms with van der Waals surface area (Å²) in [5.41, 5.74) is 6.44. The second kappa shape index (κ2) is 7.42. The molecule has 0 bridgehead atoms. The fourth-order valence-electron chi connectivity index (χ4n) is 2.65.